The molecule has 0 aliphatic rings. The fourth-order valence-corrected chi connectivity index (χ4v) is 3.31. The quantitative estimate of drug-likeness (QED) is 0.586. The van der Waals surface area contributed by atoms with Crippen LogP contribution in [0.2, 0.25) is 0 Å². The van der Waals surface area contributed by atoms with E-state index in [1.807, 2.05) is 0 Å². The van der Waals surface area contributed by atoms with Gasteiger partial charge >= 0.3 is 5.63 Å². The van der Waals surface area contributed by atoms with Gasteiger partial charge in [-0.05, 0) is 49.2 Å². The third-order valence-corrected chi connectivity index (χ3v) is 4.98. The molecule has 0 spiro atoms. The zero-order chi connectivity index (χ0) is 22.0. The first kappa shape index (κ1) is 20.9. The van der Waals surface area contributed by atoms with E-state index in [-0.39, 0.29) is 23.3 Å². The monoisotopic (exact) mass is 410 g/mol. The van der Waals surface area contributed by atoms with Crippen LogP contribution in [0.4, 0.5) is 0 Å². The number of aliphatic carboxylic acids is 1. The van der Waals surface area contributed by atoms with E-state index in [9.17, 15) is 24.6 Å². The number of hydrogen-bond acceptors (Lipinski definition) is 7. The fourth-order valence-electron chi connectivity index (χ4n) is 3.31. The third-order valence-electron chi connectivity index (χ3n) is 4.98. The molecule has 30 heavy (non-hydrogen) atoms. The molecule has 0 aliphatic heterocycles. The van der Waals surface area contributed by atoms with E-state index < -0.39 is 23.5 Å². The highest BCUT2D eigenvalue weighted by Gasteiger charge is 2.20. The Morgan fingerprint density at radius 3 is 2.40 bits per heavy atom. The Morgan fingerprint density at radius 1 is 1.13 bits per heavy atom. The summed E-state index contributed by atoms with van der Waals surface area (Å²) in [5.41, 5.74) is 1.28. The number of nitrogens with one attached hydrogen (secondary N) is 1. The maximum absolute atomic E-state index is 12.5. The zero-order valence-electron chi connectivity index (χ0n) is 16.6. The average molecular weight is 410 g/mol. The molecule has 0 saturated carbocycles. The molecule has 156 valence electrons. The lowest BCUT2D eigenvalue weighted by Crippen LogP contribution is -2.42. The van der Waals surface area contributed by atoms with Crippen molar-refractivity contribution in [2.24, 2.45) is 0 Å². The molecule has 1 aromatic heterocycles. The normalized spacial score (nSPS) is 11.8. The van der Waals surface area contributed by atoms with Crippen molar-refractivity contribution in [2.45, 2.75) is 26.3 Å². The number of fused-ring (bicyclic) bond motifs is 1. The van der Waals surface area contributed by atoms with E-state index in [1.165, 1.54) is 31.4 Å². The van der Waals surface area contributed by atoms with Gasteiger partial charge in [0, 0.05) is 10.9 Å². The zero-order valence-corrected chi connectivity index (χ0v) is 16.6. The number of methoxy groups -OCH3 is 1. The minimum absolute atomic E-state index is 0.0431. The molecule has 2 N–H and O–H groups in total. The highest BCUT2D eigenvalue weighted by atomic mass is 16.5. The summed E-state index contributed by atoms with van der Waals surface area (Å²) in [4.78, 5) is 36.5. The number of benzene rings is 2. The summed E-state index contributed by atoms with van der Waals surface area (Å²) in [6.07, 6.45) is -0.364. The van der Waals surface area contributed by atoms with Gasteiger partial charge in [-0.2, -0.15) is 0 Å². The minimum Gasteiger partial charge on any atom is -0.548 e. The van der Waals surface area contributed by atoms with Crippen LogP contribution >= 0.6 is 0 Å². The molecule has 0 radical (unpaired) electrons. The summed E-state index contributed by atoms with van der Waals surface area (Å²) >= 11 is 0. The summed E-state index contributed by atoms with van der Waals surface area (Å²) in [6, 6.07) is 7.38. The van der Waals surface area contributed by atoms with Crippen molar-refractivity contribution in [3.8, 4) is 11.5 Å². The van der Waals surface area contributed by atoms with Crippen molar-refractivity contribution in [2.75, 3.05) is 7.11 Å². The maximum atomic E-state index is 12.5. The molecule has 0 saturated heterocycles. The van der Waals surface area contributed by atoms with Gasteiger partial charge in [0.15, 0.2) is 0 Å². The number of aromatic hydroxyl groups is 1. The molecule has 3 aromatic rings. The van der Waals surface area contributed by atoms with Gasteiger partial charge in [0.25, 0.3) is 0 Å². The molecule has 0 bridgehead atoms. The number of phenols is 1. The highest BCUT2D eigenvalue weighted by Crippen LogP contribution is 2.29. The Bertz CT molecular complexity index is 1180. The number of carbonyl (C=O) groups is 2. The standard InChI is InChI=1S/C22H21NO7/c1-11-15-8-9-17(29-3)12(2)20(15)30-22(28)16(11)10-18(25)23-19(21(26)27)13-4-6-14(24)7-5-13/h4-9,19,24H,10H2,1-3H3,(H,23,25)(H,26,27)/p-1/t19-/m0/s1. The summed E-state index contributed by atoms with van der Waals surface area (Å²) < 4.78 is 10.7. The van der Waals surface area contributed by atoms with Crippen molar-refractivity contribution < 1.29 is 29.0 Å². The largest absolute Gasteiger partial charge is 0.548 e. The van der Waals surface area contributed by atoms with Crippen molar-refractivity contribution in [1.29, 1.82) is 0 Å². The van der Waals surface area contributed by atoms with Crippen molar-refractivity contribution in [3.63, 3.8) is 0 Å². The molecule has 1 atom stereocenters. The fraction of sp³-hybridized carbons (Fsp3) is 0.227. The van der Waals surface area contributed by atoms with Crippen LogP contribution in [-0.2, 0) is 16.0 Å². The van der Waals surface area contributed by atoms with Crippen LogP contribution in [0.15, 0.2) is 45.6 Å². The van der Waals surface area contributed by atoms with E-state index in [0.29, 0.717) is 27.8 Å². The molecule has 1 heterocycles. The summed E-state index contributed by atoms with van der Waals surface area (Å²) in [5, 5.41) is 23.9. The van der Waals surface area contributed by atoms with Gasteiger partial charge < -0.3 is 29.5 Å². The Labute approximate surface area is 171 Å². The molecule has 3 rings (SSSR count). The van der Waals surface area contributed by atoms with Crippen LogP contribution in [0.1, 0.15) is 28.3 Å². The lowest BCUT2D eigenvalue weighted by atomic mass is 10.0. The molecule has 0 unspecified atom stereocenters. The second-order valence-electron chi connectivity index (χ2n) is 6.85. The topological polar surface area (TPSA) is 129 Å². The van der Waals surface area contributed by atoms with Gasteiger partial charge in [-0.1, -0.05) is 12.1 Å². The average Bonchev–Trinajstić information content (AvgIpc) is 2.71. The number of amides is 1. The Hall–Kier alpha value is -3.81. The number of hydrogen-bond donors (Lipinski definition) is 2. The molecule has 8 heteroatoms. The Balaban J connectivity index is 1.91. The predicted molar refractivity (Wildman–Crippen MR) is 106 cm³/mol. The van der Waals surface area contributed by atoms with Crippen LogP contribution < -0.4 is 20.8 Å². The minimum atomic E-state index is -1.51. The highest BCUT2D eigenvalue weighted by molar-refractivity contribution is 5.89. The van der Waals surface area contributed by atoms with Crippen molar-refractivity contribution >= 4 is 22.8 Å². The number of phenolic OH excluding ortho intramolecular Hbond substituents is 1. The van der Waals surface area contributed by atoms with E-state index in [4.69, 9.17) is 9.15 Å². The van der Waals surface area contributed by atoms with Gasteiger partial charge in [0.05, 0.1) is 31.1 Å². The lowest BCUT2D eigenvalue weighted by Gasteiger charge is -2.20. The molecule has 0 fully saturated rings. The summed E-state index contributed by atoms with van der Waals surface area (Å²) in [7, 11) is 1.51. The van der Waals surface area contributed by atoms with Gasteiger partial charge in [0.2, 0.25) is 5.91 Å². The first-order valence-electron chi connectivity index (χ1n) is 9.12. The SMILES string of the molecule is COc1ccc2c(C)c(CC(=O)N[C@H](C(=O)[O-])c3ccc(O)cc3)c(=O)oc2c1C. The smallest absolute Gasteiger partial charge is 0.340 e. The second kappa shape index (κ2) is 8.28. The van der Waals surface area contributed by atoms with Crippen molar-refractivity contribution in [1.82, 2.24) is 5.32 Å². The van der Waals surface area contributed by atoms with E-state index in [2.05, 4.69) is 5.32 Å². The van der Waals surface area contributed by atoms with E-state index in [0.717, 1.165) is 0 Å². The molecular formula is C22H20NO7-. The third kappa shape index (κ3) is 3.98. The van der Waals surface area contributed by atoms with E-state index in [1.54, 1.807) is 26.0 Å². The van der Waals surface area contributed by atoms with Gasteiger partial charge in [-0.3, -0.25) is 4.79 Å². The molecule has 1 amide bonds. The summed E-state index contributed by atoms with van der Waals surface area (Å²) in [5.74, 6) is -1.67. The van der Waals surface area contributed by atoms with Crippen LogP contribution in [0.5, 0.6) is 11.5 Å². The number of carbonyl (C=O) groups excluding carboxylic acids is 2. The first-order valence-corrected chi connectivity index (χ1v) is 9.12. The van der Waals surface area contributed by atoms with Crippen LogP contribution in [0.3, 0.4) is 0 Å². The lowest BCUT2D eigenvalue weighted by molar-refractivity contribution is -0.308. The molecule has 0 aliphatic carbocycles. The van der Waals surface area contributed by atoms with Crippen molar-refractivity contribution in [3.05, 3.63) is 69.1 Å². The number of aryl methyl sites for hydroxylation is 2. The number of carboxylic acid groups (broad SMARTS) is 1. The number of rotatable bonds is 6. The van der Waals surface area contributed by atoms with Crippen LogP contribution in [0.25, 0.3) is 11.0 Å². The first-order chi connectivity index (χ1) is 14.2. The van der Waals surface area contributed by atoms with Crippen LogP contribution in [0, 0.1) is 13.8 Å². The number of ether oxygens (including phenoxy) is 1. The molecular weight excluding hydrogens is 390 g/mol. The van der Waals surface area contributed by atoms with Gasteiger partial charge in [-0.15, -0.1) is 0 Å². The van der Waals surface area contributed by atoms with E-state index >= 15 is 0 Å². The van der Waals surface area contributed by atoms with Crippen LogP contribution in [-0.4, -0.2) is 24.1 Å². The predicted octanol–water partition coefficient (Wildman–Crippen LogP) is 1.27. The number of carboxylic acids is 1. The Kier molecular flexibility index (Phi) is 5.77. The van der Waals surface area contributed by atoms with Gasteiger partial charge in [0.1, 0.15) is 17.1 Å². The second-order valence-corrected chi connectivity index (χ2v) is 6.85. The molecule has 2 aromatic carbocycles. The molecule has 8 nitrogen and oxygen atoms in total. The maximum Gasteiger partial charge on any atom is 0.340 e. The van der Waals surface area contributed by atoms with Gasteiger partial charge in [-0.25, -0.2) is 4.79 Å². The Morgan fingerprint density at radius 2 is 1.80 bits per heavy atom. The summed E-state index contributed by atoms with van der Waals surface area (Å²) in [6.45, 7) is 3.46.